The molecule has 22 heavy (non-hydrogen) atoms. The van der Waals surface area contributed by atoms with Gasteiger partial charge in [-0.25, -0.2) is 0 Å². The minimum absolute atomic E-state index is 0.0232. The molecule has 0 aromatic heterocycles. The Morgan fingerprint density at radius 2 is 1.82 bits per heavy atom. The molecule has 0 aliphatic carbocycles. The number of rotatable bonds is 3. The van der Waals surface area contributed by atoms with Crippen molar-refractivity contribution in [1.82, 2.24) is 4.90 Å². The maximum Gasteiger partial charge on any atom is 0.254 e. The van der Waals surface area contributed by atoms with Crippen LogP contribution >= 0.6 is 11.8 Å². The molecule has 2 fully saturated rings. The first-order valence-electron chi connectivity index (χ1n) is 7.46. The van der Waals surface area contributed by atoms with Gasteiger partial charge >= 0.3 is 0 Å². The number of thioether (sulfide) groups is 1. The summed E-state index contributed by atoms with van der Waals surface area (Å²) in [5, 5.41) is 0. The van der Waals surface area contributed by atoms with Crippen LogP contribution in [0.3, 0.4) is 0 Å². The van der Waals surface area contributed by atoms with E-state index in [1.165, 1.54) is 0 Å². The summed E-state index contributed by atoms with van der Waals surface area (Å²) in [5.41, 5.74) is 0.604. The van der Waals surface area contributed by atoms with Crippen LogP contribution in [0.25, 0.3) is 0 Å². The molecule has 5 nitrogen and oxygen atoms in total. The van der Waals surface area contributed by atoms with Crippen molar-refractivity contribution >= 4 is 17.7 Å². The van der Waals surface area contributed by atoms with E-state index < -0.39 is 0 Å². The van der Waals surface area contributed by atoms with Gasteiger partial charge < -0.3 is 19.1 Å². The smallest absolute Gasteiger partial charge is 0.254 e. The average Bonchev–Trinajstić information content (AvgIpc) is 3.02. The van der Waals surface area contributed by atoms with Crippen LogP contribution in [0.2, 0.25) is 0 Å². The summed E-state index contributed by atoms with van der Waals surface area (Å²) in [6.07, 6.45) is 1.79. The third-order valence-corrected chi connectivity index (χ3v) is 5.65. The van der Waals surface area contributed by atoms with Crippen molar-refractivity contribution < 1.29 is 19.0 Å². The highest BCUT2D eigenvalue weighted by Crippen LogP contribution is 2.41. The van der Waals surface area contributed by atoms with Crippen molar-refractivity contribution in [3.8, 4) is 11.5 Å². The zero-order valence-corrected chi connectivity index (χ0v) is 13.8. The molecule has 2 aliphatic rings. The van der Waals surface area contributed by atoms with Gasteiger partial charge in [0.1, 0.15) is 16.4 Å². The second kappa shape index (κ2) is 6.38. The van der Waals surface area contributed by atoms with Gasteiger partial charge in [0.05, 0.1) is 20.8 Å². The zero-order chi connectivity index (χ0) is 15.6. The lowest BCUT2D eigenvalue weighted by atomic mass is 10.1. The Labute approximate surface area is 134 Å². The van der Waals surface area contributed by atoms with E-state index in [2.05, 4.69) is 0 Å². The topological polar surface area (TPSA) is 48.0 Å². The Bertz CT molecular complexity index is 525. The average molecular weight is 323 g/mol. The third kappa shape index (κ3) is 3.03. The number of ether oxygens (including phenoxy) is 3. The second-order valence-electron chi connectivity index (χ2n) is 5.50. The van der Waals surface area contributed by atoms with Gasteiger partial charge in [-0.2, -0.15) is 0 Å². The molecule has 1 aromatic rings. The number of likely N-dealkylation sites (tertiary alicyclic amines) is 1. The van der Waals surface area contributed by atoms with Crippen LogP contribution < -0.4 is 9.47 Å². The fourth-order valence-electron chi connectivity index (χ4n) is 2.95. The van der Waals surface area contributed by atoms with Crippen molar-refractivity contribution in [3.63, 3.8) is 0 Å². The van der Waals surface area contributed by atoms with Crippen molar-refractivity contribution in [1.29, 1.82) is 0 Å². The molecule has 1 spiro atoms. The number of carbonyl (C=O) groups excluding carboxylic acids is 1. The summed E-state index contributed by atoms with van der Waals surface area (Å²) in [6, 6.07) is 5.29. The molecular formula is C16H21NO4S. The Morgan fingerprint density at radius 3 is 2.32 bits per heavy atom. The van der Waals surface area contributed by atoms with Gasteiger partial charge in [-0.3, -0.25) is 4.79 Å². The third-order valence-electron chi connectivity index (χ3n) is 4.22. The molecule has 6 heteroatoms. The largest absolute Gasteiger partial charge is 0.497 e. The minimum atomic E-state index is -0.0527. The van der Waals surface area contributed by atoms with Crippen LogP contribution in [0.4, 0.5) is 0 Å². The van der Waals surface area contributed by atoms with E-state index >= 15 is 0 Å². The molecule has 1 aromatic carbocycles. The monoisotopic (exact) mass is 323 g/mol. The summed E-state index contributed by atoms with van der Waals surface area (Å²) in [5.74, 6) is 2.34. The summed E-state index contributed by atoms with van der Waals surface area (Å²) in [6.45, 7) is 2.28. The van der Waals surface area contributed by atoms with Gasteiger partial charge in [0, 0.05) is 43.3 Å². The first-order valence-corrected chi connectivity index (χ1v) is 8.45. The van der Waals surface area contributed by atoms with E-state index in [1.54, 1.807) is 32.4 Å². The summed E-state index contributed by atoms with van der Waals surface area (Å²) in [7, 11) is 3.17. The number of benzene rings is 1. The van der Waals surface area contributed by atoms with Gasteiger partial charge in [-0.1, -0.05) is 0 Å². The number of methoxy groups -OCH3 is 2. The van der Waals surface area contributed by atoms with E-state index in [4.69, 9.17) is 14.2 Å². The number of hydrogen-bond donors (Lipinski definition) is 0. The fourth-order valence-corrected chi connectivity index (χ4v) is 4.13. The first kappa shape index (κ1) is 15.5. The van der Waals surface area contributed by atoms with Crippen LogP contribution in [0.15, 0.2) is 18.2 Å². The Hall–Kier alpha value is -1.40. The maximum absolute atomic E-state index is 12.7. The number of hydrogen-bond acceptors (Lipinski definition) is 5. The quantitative estimate of drug-likeness (QED) is 0.855. The molecule has 0 bridgehead atoms. The van der Waals surface area contributed by atoms with Gasteiger partial charge in [-0.05, 0) is 12.1 Å². The number of carbonyl (C=O) groups is 1. The van der Waals surface area contributed by atoms with Gasteiger partial charge in [-0.15, -0.1) is 11.8 Å². The van der Waals surface area contributed by atoms with Crippen LogP contribution in [0.1, 0.15) is 23.2 Å². The van der Waals surface area contributed by atoms with Gasteiger partial charge in [0.2, 0.25) is 0 Å². The molecule has 0 radical (unpaired) electrons. The maximum atomic E-state index is 12.7. The lowest BCUT2D eigenvalue weighted by Gasteiger charge is -2.37. The molecule has 0 atom stereocenters. The standard InChI is InChI=1S/C16H21NO4S/c1-19-13-9-12(10-14(11-13)20-2)15(18)17-5-3-16(4-6-17)21-7-8-22-16/h9-11H,3-8H2,1-2H3. The van der Waals surface area contributed by atoms with Crippen LogP contribution in [0, 0.1) is 0 Å². The van der Waals surface area contributed by atoms with E-state index in [9.17, 15) is 4.79 Å². The summed E-state index contributed by atoms with van der Waals surface area (Å²) >= 11 is 1.89. The Kier molecular flexibility index (Phi) is 4.49. The lowest BCUT2D eigenvalue weighted by Crippen LogP contribution is -2.45. The minimum Gasteiger partial charge on any atom is -0.497 e. The highest BCUT2D eigenvalue weighted by atomic mass is 32.2. The number of piperidine rings is 1. The highest BCUT2D eigenvalue weighted by molar-refractivity contribution is 8.00. The molecule has 3 rings (SSSR count). The molecule has 0 unspecified atom stereocenters. The van der Waals surface area contributed by atoms with Crippen LogP contribution in [-0.4, -0.2) is 55.4 Å². The summed E-state index contributed by atoms with van der Waals surface area (Å²) in [4.78, 5) is 14.5. The predicted molar refractivity (Wildman–Crippen MR) is 85.8 cm³/mol. The molecule has 2 aliphatic heterocycles. The molecule has 1 amide bonds. The Morgan fingerprint density at radius 1 is 1.18 bits per heavy atom. The van der Waals surface area contributed by atoms with Gasteiger partial charge in [0.15, 0.2) is 0 Å². The number of nitrogens with zero attached hydrogens (tertiary/aromatic N) is 1. The van der Waals surface area contributed by atoms with E-state index in [0.29, 0.717) is 17.1 Å². The SMILES string of the molecule is COc1cc(OC)cc(C(=O)N2CCC3(CC2)OCCS3)c1. The highest BCUT2D eigenvalue weighted by Gasteiger charge is 2.40. The van der Waals surface area contributed by atoms with E-state index in [0.717, 1.165) is 38.3 Å². The molecule has 2 saturated heterocycles. The molecule has 2 heterocycles. The van der Waals surface area contributed by atoms with Gasteiger partial charge in [0.25, 0.3) is 5.91 Å². The fraction of sp³-hybridized carbons (Fsp3) is 0.562. The number of amides is 1. The second-order valence-corrected chi connectivity index (χ2v) is 6.94. The molecule has 120 valence electrons. The molecule has 0 N–H and O–H groups in total. The first-order chi connectivity index (χ1) is 10.7. The Balaban J connectivity index is 1.72. The lowest BCUT2D eigenvalue weighted by molar-refractivity contribution is 0.00351. The zero-order valence-electron chi connectivity index (χ0n) is 13.0. The van der Waals surface area contributed by atoms with Crippen LogP contribution in [-0.2, 0) is 4.74 Å². The predicted octanol–water partition coefficient (Wildman–Crippen LogP) is 2.40. The van der Waals surface area contributed by atoms with Crippen molar-refractivity contribution in [2.75, 3.05) is 39.7 Å². The van der Waals surface area contributed by atoms with Crippen molar-refractivity contribution in [2.24, 2.45) is 0 Å². The van der Waals surface area contributed by atoms with Crippen molar-refractivity contribution in [3.05, 3.63) is 23.8 Å². The summed E-state index contributed by atoms with van der Waals surface area (Å²) < 4.78 is 16.3. The molecular weight excluding hydrogens is 302 g/mol. The van der Waals surface area contributed by atoms with E-state index in [1.807, 2.05) is 16.7 Å². The van der Waals surface area contributed by atoms with Crippen molar-refractivity contribution in [2.45, 2.75) is 17.8 Å². The van der Waals surface area contributed by atoms with E-state index in [-0.39, 0.29) is 10.8 Å². The normalized spacial score (nSPS) is 20.2. The van der Waals surface area contributed by atoms with Crippen LogP contribution in [0.5, 0.6) is 11.5 Å². The molecule has 0 saturated carbocycles.